The predicted molar refractivity (Wildman–Crippen MR) is 126 cm³/mol. The van der Waals surface area contributed by atoms with Gasteiger partial charge in [0, 0.05) is 25.2 Å². The molecule has 2 aliphatic carbocycles. The Morgan fingerprint density at radius 1 is 1.23 bits per heavy atom. The zero-order valence-electron chi connectivity index (χ0n) is 21.2. The van der Waals surface area contributed by atoms with Gasteiger partial charge >= 0.3 is 0 Å². The van der Waals surface area contributed by atoms with Gasteiger partial charge in [-0.3, -0.25) is 4.79 Å². The van der Waals surface area contributed by atoms with E-state index in [1.54, 1.807) is 13.2 Å². The molecule has 6 nitrogen and oxygen atoms in total. The molecule has 0 bridgehead atoms. The van der Waals surface area contributed by atoms with Crippen LogP contribution in [-0.2, 0) is 19.7 Å². The predicted octanol–water partition coefficient (Wildman–Crippen LogP) is 6.36. The quantitative estimate of drug-likeness (QED) is 0.454. The Kier molecular flexibility index (Phi) is 11.2. The van der Waals surface area contributed by atoms with E-state index < -0.39 is 0 Å². The third kappa shape index (κ3) is 8.93. The van der Waals surface area contributed by atoms with Crippen molar-refractivity contribution in [2.75, 3.05) is 25.6 Å². The number of methoxy groups -OCH3 is 1. The largest absolute Gasteiger partial charge is 0.384 e. The molecule has 1 aromatic heterocycles. The molecule has 0 unspecified atom stereocenters. The van der Waals surface area contributed by atoms with Crippen molar-refractivity contribution in [3.05, 3.63) is 11.8 Å². The molecule has 1 heterocycles. The van der Waals surface area contributed by atoms with Crippen LogP contribution in [0.1, 0.15) is 99.2 Å². The van der Waals surface area contributed by atoms with Crippen LogP contribution in [0, 0.1) is 11.3 Å². The fraction of sp³-hybridized carbons (Fsp3) is 0.840. The second-order valence-corrected chi connectivity index (χ2v) is 10.5. The molecule has 180 valence electrons. The standard InChI is InChI=1S/C11H22O.C9H14N2O3.C5H10/c1-5-9-12-11(7-6-8-11)10(2,3)4;1-9(2,5-13-3)7-4-8(10-6-12)11-14-7;1-2-5-3-4-5/h5-9H2,1-4H3;4,6H,5H2,1-3H3,(H,10,11,12);5H,2-4H2,1H3. The van der Waals surface area contributed by atoms with Gasteiger partial charge in [0.15, 0.2) is 5.82 Å². The molecule has 0 spiro atoms. The van der Waals surface area contributed by atoms with Crippen LogP contribution in [0.25, 0.3) is 0 Å². The SMILES string of the molecule is CCC1CC1.CCCOC1(C(C)(C)C)CCC1.COCC(C)(C)c1cc(NC=O)no1. The summed E-state index contributed by atoms with van der Waals surface area (Å²) < 4.78 is 16.1. The summed E-state index contributed by atoms with van der Waals surface area (Å²) in [4.78, 5) is 10.1. The number of nitrogens with one attached hydrogen (secondary N) is 1. The number of nitrogens with zero attached hydrogens (tertiary/aromatic N) is 1. The minimum Gasteiger partial charge on any atom is -0.384 e. The van der Waals surface area contributed by atoms with Crippen LogP contribution in [0.4, 0.5) is 5.82 Å². The van der Waals surface area contributed by atoms with Gasteiger partial charge in [-0.1, -0.05) is 72.9 Å². The summed E-state index contributed by atoms with van der Waals surface area (Å²) in [6.45, 7) is 16.7. The van der Waals surface area contributed by atoms with Crippen molar-refractivity contribution in [2.45, 2.75) is 104 Å². The molecule has 2 aliphatic rings. The van der Waals surface area contributed by atoms with Gasteiger partial charge in [0.25, 0.3) is 0 Å². The molecule has 1 aromatic rings. The Labute approximate surface area is 189 Å². The summed E-state index contributed by atoms with van der Waals surface area (Å²) in [6, 6.07) is 1.69. The van der Waals surface area contributed by atoms with E-state index >= 15 is 0 Å². The number of hydrogen-bond donors (Lipinski definition) is 1. The van der Waals surface area contributed by atoms with Crippen molar-refractivity contribution >= 4 is 12.2 Å². The number of carbonyl (C=O) groups is 1. The van der Waals surface area contributed by atoms with Gasteiger partial charge in [-0.25, -0.2) is 0 Å². The first kappa shape index (κ1) is 27.6. The molecule has 0 radical (unpaired) electrons. The number of rotatable bonds is 9. The highest BCUT2D eigenvalue weighted by molar-refractivity contribution is 5.68. The van der Waals surface area contributed by atoms with E-state index in [0.717, 1.165) is 18.9 Å². The second-order valence-electron chi connectivity index (χ2n) is 10.5. The molecule has 6 heteroatoms. The summed E-state index contributed by atoms with van der Waals surface area (Å²) in [7, 11) is 1.63. The fourth-order valence-electron chi connectivity index (χ4n) is 3.59. The Morgan fingerprint density at radius 3 is 2.23 bits per heavy atom. The molecule has 0 aliphatic heterocycles. The third-order valence-corrected chi connectivity index (χ3v) is 6.27. The molecule has 1 amide bonds. The minimum absolute atomic E-state index is 0.211. The first-order valence-electron chi connectivity index (χ1n) is 11.9. The molecule has 0 aromatic carbocycles. The van der Waals surface area contributed by atoms with Gasteiger partial charge in [-0.15, -0.1) is 0 Å². The summed E-state index contributed by atoms with van der Waals surface area (Å²) in [6.07, 6.45) is 10.0. The van der Waals surface area contributed by atoms with Crippen LogP contribution in [0.3, 0.4) is 0 Å². The number of hydrogen-bond acceptors (Lipinski definition) is 5. The zero-order chi connectivity index (χ0) is 23.5. The van der Waals surface area contributed by atoms with E-state index in [1.807, 2.05) is 13.8 Å². The third-order valence-electron chi connectivity index (χ3n) is 6.27. The summed E-state index contributed by atoms with van der Waals surface area (Å²) in [5.74, 6) is 2.23. The summed E-state index contributed by atoms with van der Waals surface area (Å²) >= 11 is 0. The fourth-order valence-corrected chi connectivity index (χ4v) is 3.59. The van der Waals surface area contributed by atoms with Gasteiger partial charge in [0.1, 0.15) is 5.76 Å². The Hall–Kier alpha value is -1.40. The van der Waals surface area contributed by atoms with E-state index in [0.29, 0.717) is 30.0 Å². The monoisotopic (exact) mass is 438 g/mol. The number of carbonyl (C=O) groups excluding carboxylic acids is 1. The Bertz CT molecular complexity index is 626. The van der Waals surface area contributed by atoms with Crippen LogP contribution >= 0.6 is 0 Å². The van der Waals surface area contributed by atoms with Crippen molar-refractivity contribution in [2.24, 2.45) is 11.3 Å². The number of anilines is 1. The average molecular weight is 439 g/mol. The topological polar surface area (TPSA) is 73.6 Å². The van der Waals surface area contributed by atoms with Crippen LogP contribution in [0.5, 0.6) is 0 Å². The summed E-state index contributed by atoms with van der Waals surface area (Å²) in [5.41, 5.74) is 0.286. The molecule has 31 heavy (non-hydrogen) atoms. The van der Waals surface area contributed by atoms with E-state index in [-0.39, 0.29) is 11.0 Å². The highest BCUT2D eigenvalue weighted by atomic mass is 16.5. The smallest absolute Gasteiger partial charge is 0.212 e. The first-order chi connectivity index (χ1) is 14.5. The van der Waals surface area contributed by atoms with Crippen molar-refractivity contribution in [1.82, 2.24) is 5.16 Å². The lowest BCUT2D eigenvalue weighted by Crippen LogP contribution is -2.51. The average Bonchev–Trinajstić information content (AvgIpc) is 3.38. The highest BCUT2D eigenvalue weighted by Gasteiger charge is 2.47. The molecule has 2 saturated carbocycles. The molecule has 2 fully saturated rings. The maximum absolute atomic E-state index is 10.1. The number of ether oxygens (including phenoxy) is 2. The van der Waals surface area contributed by atoms with Gasteiger partial charge < -0.3 is 19.3 Å². The molecule has 0 saturated heterocycles. The lowest BCUT2D eigenvalue weighted by Gasteiger charge is -2.51. The van der Waals surface area contributed by atoms with E-state index in [9.17, 15) is 4.79 Å². The number of aromatic nitrogens is 1. The van der Waals surface area contributed by atoms with Crippen LogP contribution in [0.2, 0.25) is 0 Å². The lowest BCUT2D eigenvalue weighted by atomic mass is 9.64. The van der Waals surface area contributed by atoms with E-state index in [1.165, 1.54) is 38.5 Å². The molecular formula is C25H46N2O4. The van der Waals surface area contributed by atoms with Crippen LogP contribution in [-0.4, -0.2) is 37.5 Å². The molecule has 0 atom stereocenters. The minimum atomic E-state index is -0.245. The Morgan fingerprint density at radius 2 is 1.87 bits per heavy atom. The van der Waals surface area contributed by atoms with Gasteiger partial charge in [-0.05, 0) is 37.0 Å². The molecule has 3 rings (SSSR count). The molecular weight excluding hydrogens is 392 g/mol. The van der Waals surface area contributed by atoms with Gasteiger partial charge in [0.2, 0.25) is 6.41 Å². The zero-order valence-corrected chi connectivity index (χ0v) is 21.2. The Balaban J connectivity index is 0.000000255. The number of amides is 1. The van der Waals surface area contributed by atoms with Crippen molar-refractivity contribution in [3.8, 4) is 0 Å². The molecule has 1 N–H and O–H groups in total. The van der Waals surface area contributed by atoms with E-state index in [4.69, 9.17) is 14.0 Å². The van der Waals surface area contributed by atoms with Crippen molar-refractivity contribution in [1.29, 1.82) is 0 Å². The van der Waals surface area contributed by atoms with E-state index in [2.05, 4.69) is 45.1 Å². The normalized spacial score (nSPS) is 17.4. The van der Waals surface area contributed by atoms with Crippen LogP contribution < -0.4 is 5.32 Å². The highest BCUT2D eigenvalue weighted by Crippen LogP contribution is 2.48. The first-order valence-corrected chi connectivity index (χ1v) is 11.9. The van der Waals surface area contributed by atoms with Crippen molar-refractivity contribution in [3.63, 3.8) is 0 Å². The second kappa shape index (κ2) is 12.6. The van der Waals surface area contributed by atoms with Gasteiger partial charge in [-0.2, -0.15) is 0 Å². The maximum Gasteiger partial charge on any atom is 0.212 e. The van der Waals surface area contributed by atoms with Gasteiger partial charge in [0.05, 0.1) is 12.2 Å². The maximum atomic E-state index is 10.1. The summed E-state index contributed by atoms with van der Waals surface area (Å²) in [5, 5.41) is 6.10. The van der Waals surface area contributed by atoms with Crippen LogP contribution in [0.15, 0.2) is 10.6 Å². The lowest BCUT2D eigenvalue weighted by molar-refractivity contribution is -0.165. The van der Waals surface area contributed by atoms with Crippen molar-refractivity contribution < 1.29 is 18.8 Å².